The van der Waals surface area contributed by atoms with Crippen molar-refractivity contribution in [2.45, 2.75) is 36.1 Å². The largest absolute Gasteiger partial charge is 0.467 e. The minimum atomic E-state index is -3.78. The lowest BCUT2D eigenvalue weighted by atomic mass is 9.97. The molecule has 1 aliphatic heterocycles. The first-order valence-electron chi connectivity index (χ1n) is 9.08. The van der Waals surface area contributed by atoms with Crippen LogP contribution in [0, 0.1) is 0 Å². The van der Waals surface area contributed by atoms with Crippen LogP contribution >= 0.6 is 11.6 Å². The molecule has 0 spiro atoms. The van der Waals surface area contributed by atoms with Gasteiger partial charge in [-0.15, -0.1) is 0 Å². The molecule has 1 amide bonds. The number of hydrogen-bond acceptors (Lipinski definition) is 6. The summed E-state index contributed by atoms with van der Waals surface area (Å²) in [5.41, 5.74) is -1.10. The fourth-order valence-corrected chi connectivity index (χ4v) is 5.25. The molecule has 0 radical (unpaired) electrons. The molecule has 2 fully saturated rings. The van der Waals surface area contributed by atoms with E-state index >= 15 is 0 Å². The third kappa shape index (κ3) is 4.03. The predicted molar refractivity (Wildman–Crippen MR) is 102 cm³/mol. The molecule has 0 bridgehead atoms. The van der Waals surface area contributed by atoms with Crippen molar-refractivity contribution in [3.63, 3.8) is 0 Å². The maximum atomic E-state index is 12.9. The lowest BCUT2D eigenvalue weighted by Gasteiger charge is -2.28. The summed E-state index contributed by atoms with van der Waals surface area (Å²) in [4.78, 5) is 25.1. The number of ether oxygens (including phenoxy) is 2. The Bertz CT molecular complexity index is 861. The molecular weight excluding hydrogens is 408 g/mol. The molecule has 0 aromatic heterocycles. The van der Waals surface area contributed by atoms with Crippen LogP contribution in [-0.4, -0.2) is 63.6 Å². The van der Waals surface area contributed by atoms with Crippen molar-refractivity contribution in [2.75, 3.05) is 33.4 Å². The number of esters is 1. The SMILES string of the molecule is COC(=O)C1(NC(=O)c2cc(S(=O)(=O)N3CCOCC3)ccc2Cl)CCCC1. The summed E-state index contributed by atoms with van der Waals surface area (Å²) in [6, 6.07) is 4.00. The van der Waals surface area contributed by atoms with E-state index in [0.717, 1.165) is 12.8 Å². The molecule has 0 unspecified atom stereocenters. The van der Waals surface area contributed by atoms with Crippen LogP contribution in [0.3, 0.4) is 0 Å². The summed E-state index contributed by atoms with van der Waals surface area (Å²) in [5, 5.41) is 2.84. The second-order valence-electron chi connectivity index (χ2n) is 6.89. The smallest absolute Gasteiger partial charge is 0.331 e. The van der Waals surface area contributed by atoms with Gasteiger partial charge in [0.25, 0.3) is 5.91 Å². The van der Waals surface area contributed by atoms with Crippen LogP contribution in [0.5, 0.6) is 0 Å². The lowest BCUT2D eigenvalue weighted by Crippen LogP contribution is -2.53. The van der Waals surface area contributed by atoms with Crippen LogP contribution in [0.4, 0.5) is 0 Å². The molecule has 154 valence electrons. The molecule has 10 heteroatoms. The van der Waals surface area contributed by atoms with Crippen molar-refractivity contribution < 1.29 is 27.5 Å². The van der Waals surface area contributed by atoms with Crippen molar-refractivity contribution in [3.05, 3.63) is 28.8 Å². The Morgan fingerprint density at radius 3 is 2.46 bits per heavy atom. The first kappa shape index (κ1) is 21.0. The molecule has 3 rings (SSSR count). The highest BCUT2D eigenvalue weighted by atomic mass is 35.5. The number of methoxy groups -OCH3 is 1. The Hall–Kier alpha value is -1.68. The highest BCUT2D eigenvalue weighted by Crippen LogP contribution is 2.32. The Balaban J connectivity index is 1.89. The van der Waals surface area contributed by atoms with Crippen molar-refractivity contribution >= 4 is 33.5 Å². The average molecular weight is 431 g/mol. The summed E-state index contributed by atoms with van der Waals surface area (Å²) in [7, 11) is -2.50. The molecule has 1 aliphatic carbocycles. The minimum Gasteiger partial charge on any atom is -0.467 e. The van der Waals surface area contributed by atoms with E-state index in [-0.39, 0.29) is 28.6 Å². The van der Waals surface area contributed by atoms with E-state index < -0.39 is 27.4 Å². The number of halogens is 1. The Kier molecular flexibility index (Phi) is 6.28. The molecule has 1 saturated heterocycles. The Labute approximate surface area is 169 Å². The quantitative estimate of drug-likeness (QED) is 0.711. The van der Waals surface area contributed by atoms with Crippen LogP contribution in [-0.2, 0) is 24.3 Å². The maximum absolute atomic E-state index is 12.9. The molecule has 1 aromatic rings. The van der Waals surface area contributed by atoms with E-state index in [4.69, 9.17) is 21.1 Å². The number of morpholine rings is 1. The number of sulfonamides is 1. The third-order valence-electron chi connectivity index (χ3n) is 5.18. The summed E-state index contributed by atoms with van der Waals surface area (Å²) in [6.45, 7) is 1.14. The number of benzene rings is 1. The van der Waals surface area contributed by atoms with Gasteiger partial charge >= 0.3 is 5.97 Å². The standard InChI is InChI=1S/C18H23ClN2O6S/c1-26-17(23)18(6-2-3-7-18)20-16(22)14-12-13(4-5-15(14)19)28(24,25)21-8-10-27-11-9-21/h4-5,12H,2-3,6-11H2,1H3,(H,20,22). The highest BCUT2D eigenvalue weighted by Gasteiger charge is 2.44. The molecule has 28 heavy (non-hydrogen) atoms. The summed E-state index contributed by atoms with van der Waals surface area (Å²) >= 11 is 6.17. The maximum Gasteiger partial charge on any atom is 0.331 e. The van der Waals surface area contributed by atoms with Crippen LogP contribution in [0.2, 0.25) is 5.02 Å². The fourth-order valence-electron chi connectivity index (χ4n) is 3.61. The molecular formula is C18H23ClN2O6S. The second kappa shape index (κ2) is 8.36. The van der Waals surface area contributed by atoms with Crippen molar-refractivity contribution in [1.29, 1.82) is 0 Å². The van der Waals surface area contributed by atoms with Crippen molar-refractivity contribution in [2.24, 2.45) is 0 Å². The summed E-state index contributed by atoms with van der Waals surface area (Å²) in [6.07, 6.45) is 2.51. The number of nitrogens with zero attached hydrogens (tertiary/aromatic N) is 1. The predicted octanol–water partition coefficient (Wildman–Crippen LogP) is 1.58. The van der Waals surface area contributed by atoms with Gasteiger partial charge in [0, 0.05) is 13.1 Å². The molecule has 0 atom stereocenters. The molecule has 1 heterocycles. The fraction of sp³-hybridized carbons (Fsp3) is 0.556. The number of carbonyl (C=O) groups excluding carboxylic acids is 2. The van der Waals surface area contributed by atoms with Gasteiger partial charge in [0.2, 0.25) is 10.0 Å². The molecule has 1 aromatic carbocycles. The lowest BCUT2D eigenvalue weighted by molar-refractivity contribution is -0.148. The van der Waals surface area contributed by atoms with Crippen LogP contribution in [0.15, 0.2) is 23.1 Å². The van der Waals surface area contributed by atoms with Crippen LogP contribution < -0.4 is 5.32 Å². The average Bonchev–Trinajstić information content (AvgIpc) is 3.17. The van der Waals surface area contributed by atoms with Gasteiger partial charge in [-0.2, -0.15) is 4.31 Å². The van der Waals surface area contributed by atoms with E-state index in [1.54, 1.807) is 0 Å². The van der Waals surface area contributed by atoms with Gasteiger partial charge in [0.1, 0.15) is 5.54 Å². The topological polar surface area (TPSA) is 102 Å². The van der Waals surface area contributed by atoms with Crippen LogP contribution in [0.1, 0.15) is 36.0 Å². The van der Waals surface area contributed by atoms with Gasteiger partial charge in [-0.25, -0.2) is 13.2 Å². The number of rotatable bonds is 5. The zero-order valence-corrected chi connectivity index (χ0v) is 17.1. The number of amides is 1. The number of nitrogens with one attached hydrogen (secondary N) is 1. The Morgan fingerprint density at radius 2 is 1.86 bits per heavy atom. The zero-order chi connectivity index (χ0) is 20.4. The third-order valence-corrected chi connectivity index (χ3v) is 7.40. The van der Waals surface area contributed by atoms with Crippen molar-refractivity contribution in [1.82, 2.24) is 9.62 Å². The van der Waals surface area contributed by atoms with Crippen LogP contribution in [0.25, 0.3) is 0 Å². The van der Waals surface area contributed by atoms with Gasteiger partial charge in [-0.05, 0) is 31.0 Å². The molecule has 1 saturated carbocycles. The van der Waals surface area contributed by atoms with E-state index in [1.165, 1.54) is 29.6 Å². The van der Waals surface area contributed by atoms with E-state index in [9.17, 15) is 18.0 Å². The normalized spacial score (nSPS) is 19.9. The monoisotopic (exact) mass is 430 g/mol. The van der Waals surface area contributed by atoms with Gasteiger partial charge < -0.3 is 14.8 Å². The van der Waals surface area contributed by atoms with E-state index in [2.05, 4.69) is 5.32 Å². The van der Waals surface area contributed by atoms with E-state index in [1.807, 2.05) is 0 Å². The number of carbonyl (C=O) groups is 2. The highest BCUT2D eigenvalue weighted by molar-refractivity contribution is 7.89. The second-order valence-corrected chi connectivity index (χ2v) is 9.24. The van der Waals surface area contributed by atoms with E-state index in [0.29, 0.717) is 26.1 Å². The Morgan fingerprint density at radius 1 is 1.21 bits per heavy atom. The van der Waals surface area contributed by atoms with Gasteiger partial charge in [-0.1, -0.05) is 24.4 Å². The first-order chi connectivity index (χ1) is 13.3. The van der Waals surface area contributed by atoms with Gasteiger partial charge in [0.15, 0.2) is 0 Å². The van der Waals surface area contributed by atoms with Gasteiger partial charge in [-0.3, -0.25) is 4.79 Å². The molecule has 1 N–H and O–H groups in total. The summed E-state index contributed by atoms with van der Waals surface area (Å²) in [5.74, 6) is -1.11. The molecule has 8 nitrogen and oxygen atoms in total. The summed E-state index contributed by atoms with van der Waals surface area (Å²) < 4.78 is 37.1. The van der Waals surface area contributed by atoms with Gasteiger partial charge in [0.05, 0.1) is 35.8 Å². The molecule has 2 aliphatic rings. The zero-order valence-electron chi connectivity index (χ0n) is 15.6. The first-order valence-corrected chi connectivity index (χ1v) is 10.9. The minimum absolute atomic E-state index is 0.00572. The van der Waals surface area contributed by atoms with Crippen molar-refractivity contribution in [3.8, 4) is 0 Å². The number of hydrogen-bond donors (Lipinski definition) is 1.